The summed E-state index contributed by atoms with van der Waals surface area (Å²) in [5, 5.41) is 8.50. The van der Waals surface area contributed by atoms with Crippen molar-refractivity contribution in [2.45, 2.75) is 69.3 Å². The van der Waals surface area contributed by atoms with Crippen LogP contribution in [-0.2, 0) is 41.7 Å². The zero-order chi connectivity index (χ0) is 29.2. The molecule has 2 aliphatic heterocycles. The first-order valence-electron chi connectivity index (χ1n) is 14.0. The number of hydrogen-bond acceptors (Lipinski definition) is 7. The normalized spacial score (nSPS) is 19.7. The predicted octanol–water partition coefficient (Wildman–Crippen LogP) is 0.561. The summed E-state index contributed by atoms with van der Waals surface area (Å²) in [6.07, 6.45) is 2.20. The van der Waals surface area contributed by atoms with Crippen LogP contribution in [0.4, 0.5) is 0 Å². The minimum absolute atomic E-state index is 0.0311. The largest absolute Gasteiger partial charge is 0.461 e. The monoisotopic (exact) mass is 563 g/mol. The van der Waals surface area contributed by atoms with E-state index in [1.165, 1.54) is 4.90 Å². The number of rotatable bonds is 12. The summed E-state index contributed by atoms with van der Waals surface area (Å²) in [6.45, 7) is 0.988. The number of carbonyl (C=O) groups excluding carboxylic acids is 5. The van der Waals surface area contributed by atoms with E-state index >= 15 is 0 Å². The van der Waals surface area contributed by atoms with E-state index in [1.807, 2.05) is 60.7 Å². The molecule has 218 valence electrons. The molecule has 0 unspecified atom stereocenters. The maximum atomic E-state index is 13.7. The number of nitrogens with two attached hydrogens (primary N) is 1. The van der Waals surface area contributed by atoms with Crippen LogP contribution in [0, 0.1) is 0 Å². The fourth-order valence-electron chi connectivity index (χ4n) is 5.19. The molecule has 4 amide bonds. The average molecular weight is 564 g/mol. The highest BCUT2D eigenvalue weighted by atomic mass is 16.5. The Hall–Kier alpha value is -4.25. The van der Waals surface area contributed by atoms with Crippen LogP contribution in [0.3, 0.4) is 0 Å². The van der Waals surface area contributed by atoms with Gasteiger partial charge in [0.2, 0.25) is 23.6 Å². The molecule has 2 heterocycles. The van der Waals surface area contributed by atoms with Crippen LogP contribution in [0.2, 0.25) is 0 Å². The van der Waals surface area contributed by atoms with Crippen LogP contribution in [-0.4, -0.2) is 71.8 Å². The van der Waals surface area contributed by atoms with Crippen molar-refractivity contribution in [2.75, 3.05) is 13.1 Å². The molecule has 11 nitrogen and oxygen atoms in total. The molecular weight excluding hydrogens is 526 g/mol. The smallest absolute Gasteiger partial charge is 0.308 e. The number of ether oxygens (including phenoxy) is 1. The first kappa shape index (κ1) is 29.7. The third-order valence-corrected chi connectivity index (χ3v) is 7.39. The summed E-state index contributed by atoms with van der Waals surface area (Å²) in [7, 11) is 0. The molecule has 2 aromatic carbocycles. The highest BCUT2D eigenvalue weighted by Gasteiger charge is 2.40. The van der Waals surface area contributed by atoms with Crippen molar-refractivity contribution >= 4 is 29.6 Å². The number of amides is 4. The Bertz CT molecular complexity index is 1220. The van der Waals surface area contributed by atoms with E-state index in [1.54, 1.807) is 0 Å². The Morgan fingerprint density at radius 2 is 1.54 bits per heavy atom. The number of nitrogens with zero attached hydrogens (tertiary/aromatic N) is 1. The van der Waals surface area contributed by atoms with Crippen molar-refractivity contribution in [3.05, 3.63) is 71.8 Å². The molecule has 2 aromatic rings. The second kappa shape index (κ2) is 14.4. The number of likely N-dealkylation sites (tertiary alicyclic amines) is 1. The highest BCUT2D eigenvalue weighted by molar-refractivity contribution is 5.96. The summed E-state index contributed by atoms with van der Waals surface area (Å²) < 4.78 is 5.38. The number of carbonyl (C=O) groups is 5. The number of benzene rings is 2. The zero-order valence-corrected chi connectivity index (χ0v) is 22.9. The quantitative estimate of drug-likeness (QED) is 0.275. The van der Waals surface area contributed by atoms with Gasteiger partial charge in [0.05, 0.1) is 12.5 Å². The molecule has 0 aromatic heterocycles. The van der Waals surface area contributed by atoms with Crippen molar-refractivity contribution in [1.82, 2.24) is 20.9 Å². The molecule has 41 heavy (non-hydrogen) atoms. The molecule has 0 spiro atoms. The topological polar surface area (TPSA) is 160 Å². The maximum absolute atomic E-state index is 13.7. The van der Waals surface area contributed by atoms with Crippen molar-refractivity contribution in [2.24, 2.45) is 5.73 Å². The maximum Gasteiger partial charge on any atom is 0.308 e. The third-order valence-electron chi connectivity index (χ3n) is 7.39. The fourth-order valence-corrected chi connectivity index (χ4v) is 5.19. The van der Waals surface area contributed by atoms with Gasteiger partial charge in [0, 0.05) is 13.0 Å². The van der Waals surface area contributed by atoms with E-state index in [2.05, 4.69) is 16.0 Å². The number of primary amides is 1. The molecule has 2 aliphatic rings. The summed E-state index contributed by atoms with van der Waals surface area (Å²) >= 11 is 0. The van der Waals surface area contributed by atoms with Gasteiger partial charge in [-0.15, -0.1) is 0 Å². The predicted molar refractivity (Wildman–Crippen MR) is 150 cm³/mol. The van der Waals surface area contributed by atoms with Crippen molar-refractivity contribution in [3.8, 4) is 0 Å². The Morgan fingerprint density at radius 1 is 0.878 bits per heavy atom. The lowest BCUT2D eigenvalue weighted by molar-refractivity contribution is -0.150. The van der Waals surface area contributed by atoms with Gasteiger partial charge in [-0.3, -0.25) is 24.0 Å². The van der Waals surface area contributed by atoms with Gasteiger partial charge in [0.15, 0.2) is 0 Å². The second-order valence-corrected chi connectivity index (χ2v) is 10.4. The van der Waals surface area contributed by atoms with Gasteiger partial charge in [-0.25, -0.2) is 0 Å². The lowest BCUT2D eigenvalue weighted by atomic mass is 10.0. The highest BCUT2D eigenvalue weighted by Crippen LogP contribution is 2.20. The van der Waals surface area contributed by atoms with Crippen molar-refractivity contribution < 1.29 is 28.7 Å². The molecule has 0 aliphatic carbocycles. The van der Waals surface area contributed by atoms with Gasteiger partial charge >= 0.3 is 5.97 Å². The van der Waals surface area contributed by atoms with Gasteiger partial charge in [-0.05, 0) is 43.4 Å². The first-order valence-corrected chi connectivity index (χ1v) is 14.0. The molecule has 4 atom stereocenters. The Morgan fingerprint density at radius 3 is 2.17 bits per heavy atom. The second-order valence-electron chi connectivity index (χ2n) is 10.4. The summed E-state index contributed by atoms with van der Waals surface area (Å²) in [4.78, 5) is 66.2. The van der Waals surface area contributed by atoms with Gasteiger partial charge in [-0.2, -0.15) is 0 Å². The van der Waals surface area contributed by atoms with Crippen molar-refractivity contribution in [1.29, 1.82) is 0 Å². The molecule has 0 saturated carbocycles. The van der Waals surface area contributed by atoms with E-state index in [0.29, 0.717) is 25.8 Å². The first-order chi connectivity index (χ1) is 19.8. The molecule has 0 radical (unpaired) electrons. The summed E-state index contributed by atoms with van der Waals surface area (Å²) in [6, 6.07) is 14.8. The standard InChI is InChI=1S/C30H37N5O6/c31-27(37)23(17-20-9-3-1-4-10-20)33-29(39)25-14-8-16-35(25)30(40)24(34-28(38)22-13-7-15-32-22)18-26(36)41-19-21-11-5-2-6-12-21/h1-6,9-12,22-25,32H,7-8,13-19H2,(H2,31,37)(H,33,39)(H,34,38)/t22-,23-,24-,25-/m0/s1. The van der Waals surface area contributed by atoms with Gasteiger partial charge in [0.25, 0.3) is 0 Å². The molecule has 11 heteroatoms. The number of esters is 1. The minimum atomic E-state index is -1.21. The minimum Gasteiger partial charge on any atom is -0.461 e. The molecule has 0 bridgehead atoms. The van der Waals surface area contributed by atoms with E-state index in [9.17, 15) is 24.0 Å². The number of hydrogen-bond donors (Lipinski definition) is 4. The summed E-state index contributed by atoms with van der Waals surface area (Å²) in [5.41, 5.74) is 7.19. The average Bonchev–Trinajstić information content (AvgIpc) is 3.69. The SMILES string of the molecule is NC(=O)[C@H](Cc1ccccc1)NC(=O)[C@@H]1CCCN1C(=O)[C@H](CC(=O)OCc1ccccc1)NC(=O)[C@@H]1CCCN1. The van der Waals surface area contributed by atoms with E-state index < -0.39 is 47.9 Å². The van der Waals surface area contributed by atoms with Gasteiger partial charge < -0.3 is 31.3 Å². The van der Waals surface area contributed by atoms with E-state index in [0.717, 1.165) is 17.5 Å². The van der Waals surface area contributed by atoms with Crippen LogP contribution in [0.5, 0.6) is 0 Å². The lowest BCUT2D eigenvalue weighted by Gasteiger charge is -2.30. The van der Waals surface area contributed by atoms with Crippen LogP contribution < -0.4 is 21.7 Å². The molecular formula is C30H37N5O6. The van der Waals surface area contributed by atoms with E-state index in [4.69, 9.17) is 10.5 Å². The van der Waals surface area contributed by atoms with Crippen LogP contribution in [0.25, 0.3) is 0 Å². The Kier molecular flexibility index (Phi) is 10.4. The molecule has 5 N–H and O–H groups in total. The third kappa shape index (κ3) is 8.37. The van der Waals surface area contributed by atoms with E-state index in [-0.39, 0.29) is 31.9 Å². The van der Waals surface area contributed by atoms with Crippen LogP contribution in [0.1, 0.15) is 43.2 Å². The Balaban J connectivity index is 1.44. The van der Waals surface area contributed by atoms with Crippen molar-refractivity contribution in [3.63, 3.8) is 0 Å². The molecule has 2 fully saturated rings. The molecule has 4 rings (SSSR count). The number of nitrogens with one attached hydrogen (secondary N) is 3. The van der Waals surface area contributed by atoms with Gasteiger partial charge in [0.1, 0.15) is 24.7 Å². The zero-order valence-electron chi connectivity index (χ0n) is 22.9. The fraction of sp³-hybridized carbons (Fsp3) is 0.433. The van der Waals surface area contributed by atoms with Gasteiger partial charge in [-0.1, -0.05) is 60.7 Å². The van der Waals surface area contributed by atoms with Crippen LogP contribution >= 0.6 is 0 Å². The Labute approximate surface area is 239 Å². The molecule has 2 saturated heterocycles. The summed E-state index contributed by atoms with van der Waals surface area (Å²) in [5.74, 6) is -2.78. The lowest BCUT2D eigenvalue weighted by Crippen LogP contribution is -2.57. The van der Waals surface area contributed by atoms with Crippen LogP contribution in [0.15, 0.2) is 60.7 Å².